The third-order valence-corrected chi connectivity index (χ3v) is 7.69. The monoisotopic (exact) mass is 474 g/mol. The Kier molecular flexibility index (Phi) is 5.95. The molecule has 2 aromatic carbocycles. The van der Waals surface area contributed by atoms with E-state index in [9.17, 15) is 9.90 Å². The average molecular weight is 475 g/mol. The maximum atomic E-state index is 13.0. The molecule has 1 aliphatic carbocycles. The van der Waals surface area contributed by atoms with Crippen molar-refractivity contribution in [3.05, 3.63) is 72.1 Å². The fourth-order valence-electron chi connectivity index (χ4n) is 5.74. The van der Waals surface area contributed by atoms with Crippen LogP contribution in [0.15, 0.2) is 60.9 Å². The van der Waals surface area contributed by atoms with E-state index < -0.39 is 6.10 Å². The summed E-state index contributed by atoms with van der Waals surface area (Å²) in [5.74, 6) is 1.78. The first-order valence-corrected chi connectivity index (χ1v) is 12.4. The molecule has 1 amide bonds. The zero-order chi connectivity index (χ0) is 23.8. The minimum atomic E-state index is -0.549. The second kappa shape index (κ2) is 9.39. The number of amides is 1. The fraction of sp³-hybridized carbons (Fsp3) is 0.462. The highest BCUT2D eigenvalue weighted by molar-refractivity contribution is 5.94. The molecule has 2 N–H and O–H groups in total. The van der Waals surface area contributed by atoms with Crippen molar-refractivity contribution < 1.29 is 14.6 Å². The Morgan fingerprint density at radius 3 is 2.57 bits per heavy atom. The molecule has 6 rings (SSSR count). The molecule has 3 heterocycles. The molecule has 35 heavy (non-hydrogen) atoms. The van der Waals surface area contributed by atoms with Crippen LogP contribution in [0.3, 0.4) is 0 Å². The molecule has 3 aromatic rings. The quantitative estimate of drug-likeness (QED) is 0.512. The fourth-order valence-corrected chi connectivity index (χ4v) is 5.74. The number of piperidine rings is 1. The smallest absolute Gasteiger partial charge is 0.253 e. The summed E-state index contributed by atoms with van der Waals surface area (Å²) in [5, 5.41) is 25.5. The van der Waals surface area contributed by atoms with Crippen molar-refractivity contribution in [2.45, 2.75) is 43.5 Å². The van der Waals surface area contributed by atoms with Crippen LogP contribution in [0.5, 0.6) is 5.75 Å². The molecule has 3 aliphatic rings. The highest BCUT2D eigenvalue weighted by Gasteiger charge is 2.58. The van der Waals surface area contributed by atoms with Crippen molar-refractivity contribution in [2.24, 2.45) is 11.8 Å². The lowest BCUT2D eigenvalue weighted by Crippen LogP contribution is -2.42. The average Bonchev–Trinajstić information content (AvgIpc) is 3.41. The SMILES string of the molecule is O=C(c1ccc(C[C@@H]2CC[C@H]([C@H](O)COc3ccccc3)N2)cc1)N1C[C@@H]2C(n3cnnn3)[C@@H]2C1. The van der Waals surface area contributed by atoms with E-state index in [0.29, 0.717) is 23.9 Å². The van der Waals surface area contributed by atoms with E-state index in [4.69, 9.17) is 4.74 Å². The van der Waals surface area contributed by atoms with Crippen LogP contribution in [0, 0.1) is 11.8 Å². The lowest BCUT2D eigenvalue weighted by molar-refractivity contribution is 0.0767. The van der Waals surface area contributed by atoms with Gasteiger partial charge in [0.15, 0.2) is 0 Å². The van der Waals surface area contributed by atoms with Gasteiger partial charge in [0, 0.05) is 42.6 Å². The summed E-state index contributed by atoms with van der Waals surface area (Å²) in [6.07, 6.45) is 3.91. The molecule has 9 nitrogen and oxygen atoms in total. The number of ether oxygens (including phenoxy) is 1. The van der Waals surface area contributed by atoms with Crippen LogP contribution in [0.4, 0.5) is 0 Å². The van der Waals surface area contributed by atoms with Gasteiger partial charge in [-0.1, -0.05) is 30.3 Å². The van der Waals surface area contributed by atoms with Gasteiger partial charge in [0.2, 0.25) is 0 Å². The number of aliphatic hydroxyl groups is 1. The number of carbonyl (C=O) groups is 1. The predicted molar refractivity (Wildman–Crippen MR) is 128 cm³/mol. The van der Waals surface area contributed by atoms with Gasteiger partial charge >= 0.3 is 0 Å². The number of carbonyl (C=O) groups excluding carboxylic acids is 1. The Balaban J connectivity index is 0.966. The largest absolute Gasteiger partial charge is 0.491 e. The maximum absolute atomic E-state index is 13.0. The van der Waals surface area contributed by atoms with Gasteiger partial charge in [0.25, 0.3) is 5.91 Å². The molecule has 1 saturated carbocycles. The first kappa shape index (κ1) is 22.2. The lowest BCUT2D eigenvalue weighted by atomic mass is 10.0. The van der Waals surface area contributed by atoms with Crippen LogP contribution in [-0.4, -0.2) is 74.0 Å². The van der Waals surface area contributed by atoms with Crippen LogP contribution < -0.4 is 10.1 Å². The number of tetrazole rings is 1. The van der Waals surface area contributed by atoms with Crippen molar-refractivity contribution in [3.63, 3.8) is 0 Å². The van der Waals surface area contributed by atoms with Crippen molar-refractivity contribution >= 4 is 5.91 Å². The molecule has 1 aromatic heterocycles. The molecular weight excluding hydrogens is 444 g/mol. The second-order valence-electron chi connectivity index (χ2n) is 9.96. The summed E-state index contributed by atoms with van der Waals surface area (Å²) < 4.78 is 7.53. The normalized spacial score (nSPS) is 28.0. The van der Waals surface area contributed by atoms with Gasteiger partial charge in [0.05, 0.1) is 6.04 Å². The topological polar surface area (TPSA) is 105 Å². The van der Waals surface area contributed by atoms with Crippen LogP contribution in [0.1, 0.15) is 34.8 Å². The second-order valence-corrected chi connectivity index (χ2v) is 9.96. The molecule has 6 atom stereocenters. The third kappa shape index (κ3) is 4.66. The highest BCUT2D eigenvalue weighted by Crippen LogP contribution is 2.54. The molecule has 2 saturated heterocycles. The summed E-state index contributed by atoms with van der Waals surface area (Å²) in [6.45, 7) is 1.80. The Morgan fingerprint density at radius 1 is 1.09 bits per heavy atom. The summed E-state index contributed by atoms with van der Waals surface area (Å²) >= 11 is 0. The number of hydrogen-bond acceptors (Lipinski definition) is 7. The van der Waals surface area contributed by atoms with E-state index in [2.05, 4.69) is 33.0 Å². The minimum Gasteiger partial charge on any atom is -0.491 e. The number of likely N-dealkylation sites (tertiary alicyclic amines) is 1. The summed E-state index contributed by atoms with van der Waals surface area (Å²) in [7, 11) is 0. The molecule has 3 fully saturated rings. The number of nitrogens with one attached hydrogen (secondary N) is 1. The number of para-hydroxylation sites is 1. The molecule has 0 bridgehead atoms. The number of hydrogen-bond donors (Lipinski definition) is 2. The van der Waals surface area contributed by atoms with Gasteiger partial charge in [-0.2, -0.15) is 0 Å². The van der Waals surface area contributed by atoms with Gasteiger partial charge in [0.1, 0.15) is 24.8 Å². The van der Waals surface area contributed by atoms with Crippen LogP contribution in [0.2, 0.25) is 0 Å². The molecule has 0 radical (unpaired) electrons. The first-order chi connectivity index (χ1) is 17.2. The van der Waals surface area contributed by atoms with Gasteiger partial charge < -0.3 is 20.1 Å². The lowest BCUT2D eigenvalue weighted by Gasteiger charge is -2.21. The van der Waals surface area contributed by atoms with Crippen LogP contribution >= 0.6 is 0 Å². The van der Waals surface area contributed by atoms with E-state index in [1.165, 1.54) is 5.56 Å². The third-order valence-electron chi connectivity index (χ3n) is 7.69. The Bertz CT molecular complexity index is 1130. The number of aromatic nitrogens is 4. The van der Waals surface area contributed by atoms with Gasteiger partial charge in [-0.05, 0) is 59.5 Å². The number of fused-ring (bicyclic) bond motifs is 1. The van der Waals surface area contributed by atoms with E-state index >= 15 is 0 Å². The predicted octanol–water partition coefficient (Wildman–Crippen LogP) is 1.72. The zero-order valence-electron chi connectivity index (χ0n) is 19.5. The highest BCUT2D eigenvalue weighted by atomic mass is 16.5. The van der Waals surface area contributed by atoms with Gasteiger partial charge in [-0.25, -0.2) is 4.68 Å². The Labute approximate surface area is 204 Å². The van der Waals surface area contributed by atoms with Crippen LogP contribution in [0.25, 0.3) is 0 Å². The number of aliphatic hydroxyl groups excluding tert-OH is 1. The molecule has 1 unspecified atom stereocenters. The van der Waals surface area contributed by atoms with Crippen molar-refractivity contribution in [3.8, 4) is 5.75 Å². The first-order valence-electron chi connectivity index (χ1n) is 12.4. The number of rotatable bonds is 8. The van der Waals surface area contributed by atoms with Crippen molar-refractivity contribution in [1.29, 1.82) is 0 Å². The van der Waals surface area contributed by atoms with E-state index in [1.807, 2.05) is 52.0 Å². The van der Waals surface area contributed by atoms with Gasteiger partial charge in [-0.3, -0.25) is 4.79 Å². The van der Waals surface area contributed by atoms with E-state index in [-0.39, 0.29) is 18.6 Å². The minimum absolute atomic E-state index is 0.0308. The summed E-state index contributed by atoms with van der Waals surface area (Å²) in [5.41, 5.74) is 1.93. The maximum Gasteiger partial charge on any atom is 0.253 e. The zero-order valence-corrected chi connectivity index (χ0v) is 19.5. The molecule has 2 aliphatic heterocycles. The van der Waals surface area contributed by atoms with Crippen molar-refractivity contribution in [1.82, 2.24) is 30.4 Å². The molecule has 9 heteroatoms. The van der Waals surface area contributed by atoms with Crippen LogP contribution in [-0.2, 0) is 6.42 Å². The molecule has 182 valence electrons. The van der Waals surface area contributed by atoms with Gasteiger partial charge in [-0.15, -0.1) is 5.10 Å². The number of benzene rings is 2. The van der Waals surface area contributed by atoms with Crippen molar-refractivity contribution in [2.75, 3.05) is 19.7 Å². The summed E-state index contributed by atoms with van der Waals surface area (Å²) in [6, 6.07) is 18.2. The molecular formula is C26H30N6O3. The molecule has 0 spiro atoms. The number of nitrogens with zero attached hydrogens (tertiary/aromatic N) is 5. The van der Waals surface area contributed by atoms with E-state index in [0.717, 1.165) is 43.7 Å². The Morgan fingerprint density at radius 2 is 1.86 bits per heavy atom. The standard InChI is InChI=1S/C26H30N6O3/c33-24(15-35-20-4-2-1-3-5-20)23-11-10-19(28-23)12-17-6-8-18(9-7-17)26(34)31-13-21-22(14-31)25(21)32-16-27-29-30-32/h1-9,16,19,21-25,28,33H,10-15H2/t19-,21-,22+,23+,24+,25?/m0/s1. The summed E-state index contributed by atoms with van der Waals surface area (Å²) in [4.78, 5) is 14.9. The van der Waals surface area contributed by atoms with E-state index in [1.54, 1.807) is 6.33 Å². The Hall–Kier alpha value is -3.30.